The number of amides is 1. The maximum atomic E-state index is 13.8. The molecule has 0 saturated carbocycles. The number of carbonyl (C=O) groups is 1. The highest BCUT2D eigenvalue weighted by molar-refractivity contribution is 5.81. The van der Waals surface area contributed by atoms with Crippen molar-refractivity contribution in [1.82, 2.24) is 20.4 Å². The molecule has 3 rings (SSSR count). The number of alkyl halides is 1. The molecule has 1 amide bonds. The van der Waals surface area contributed by atoms with Crippen molar-refractivity contribution >= 4 is 11.7 Å². The third-order valence-electron chi connectivity index (χ3n) is 4.29. The standard InChI is InChI=1S/C15H22FN5O2/c1-20-5-6-23-13(10-20)15(22)17-8-12-7-11(16)9-21(12)14-3-2-4-18-19-14/h2-4,11-13H,5-10H2,1H3,(H,17,22)/t11-,12-,13-/m0/s1. The lowest BCUT2D eigenvalue weighted by Crippen LogP contribution is -2.50. The smallest absolute Gasteiger partial charge is 0.250 e. The average molecular weight is 323 g/mol. The average Bonchev–Trinajstić information content (AvgIpc) is 2.94. The van der Waals surface area contributed by atoms with E-state index < -0.39 is 12.3 Å². The summed E-state index contributed by atoms with van der Waals surface area (Å²) in [5.74, 6) is 0.499. The number of hydrogen-bond donors (Lipinski definition) is 1. The van der Waals surface area contributed by atoms with Gasteiger partial charge in [-0.15, -0.1) is 5.10 Å². The Hall–Kier alpha value is -1.80. The van der Waals surface area contributed by atoms with Gasteiger partial charge in [-0.05, 0) is 19.2 Å². The first kappa shape index (κ1) is 16.1. The predicted octanol–water partition coefficient (Wildman–Crippen LogP) is -0.160. The molecule has 0 bridgehead atoms. The Morgan fingerprint density at radius 3 is 3.13 bits per heavy atom. The molecule has 0 spiro atoms. The van der Waals surface area contributed by atoms with Gasteiger partial charge < -0.3 is 19.9 Å². The number of rotatable bonds is 4. The lowest BCUT2D eigenvalue weighted by molar-refractivity contribution is -0.137. The summed E-state index contributed by atoms with van der Waals surface area (Å²) < 4.78 is 19.3. The molecule has 0 unspecified atom stereocenters. The lowest BCUT2D eigenvalue weighted by atomic mass is 10.2. The van der Waals surface area contributed by atoms with E-state index in [4.69, 9.17) is 4.74 Å². The zero-order valence-electron chi connectivity index (χ0n) is 13.2. The minimum Gasteiger partial charge on any atom is -0.366 e. The molecule has 2 fully saturated rings. The fraction of sp³-hybridized carbons (Fsp3) is 0.667. The Morgan fingerprint density at radius 1 is 1.52 bits per heavy atom. The third kappa shape index (κ3) is 3.94. The van der Waals surface area contributed by atoms with E-state index in [9.17, 15) is 9.18 Å². The maximum absolute atomic E-state index is 13.8. The first-order chi connectivity index (χ1) is 11.1. The molecule has 0 radical (unpaired) electrons. The summed E-state index contributed by atoms with van der Waals surface area (Å²) in [6.45, 7) is 2.62. The molecule has 1 aromatic heterocycles. The molecule has 1 aromatic rings. The molecule has 1 N–H and O–H groups in total. The van der Waals surface area contributed by atoms with Crippen LogP contribution in [0.4, 0.5) is 10.2 Å². The zero-order chi connectivity index (χ0) is 16.2. The van der Waals surface area contributed by atoms with Gasteiger partial charge in [-0.2, -0.15) is 5.10 Å². The summed E-state index contributed by atoms with van der Waals surface area (Å²) in [6, 6.07) is 3.46. The molecular weight excluding hydrogens is 301 g/mol. The van der Waals surface area contributed by atoms with Gasteiger partial charge in [-0.3, -0.25) is 4.79 Å². The van der Waals surface area contributed by atoms with Gasteiger partial charge in [-0.1, -0.05) is 0 Å². The third-order valence-corrected chi connectivity index (χ3v) is 4.29. The molecular formula is C15H22FN5O2. The Bertz CT molecular complexity index is 532. The van der Waals surface area contributed by atoms with Gasteiger partial charge in [0.15, 0.2) is 5.82 Å². The zero-order valence-corrected chi connectivity index (χ0v) is 13.2. The molecule has 2 aliphatic heterocycles. The van der Waals surface area contributed by atoms with Gasteiger partial charge >= 0.3 is 0 Å². The summed E-state index contributed by atoms with van der Waals surface area (Å²) in [4.78, 5) is 16.2. The quantitative estimate of drug-likeness (QED) is 0.830. The van der Waals surface area contributed by atoms with Crippen LogP contribution < -0.4 is 10.2 Å². The SMILES string of the molecule is CN1CCO[C@H](C(=O)NC[C@@H]2C[C@H](F)CN2c2cccnn2)C1. The molecule has 3 atom stereocenters. The largest absolute Gasteiger partial charge is 0.366 e. The number of carbonyl (C=O) groups excluding carboxylic acids is 1. The van der Waals surface area contributed by atoms with Crippen LogP contribution in [0.1, 0.15) is 6.42 Å². The Balaban J connectivity index is 1.57. The highest BCUT2D eigenvalue weighted by atomic mass is 19.1. The first-order valence-corrected chi connectivity index (χ1v) is 7.90. The van der Waals surface area contributed by atoms with Crippen molar-refractivity contribution in [2.75, 3.05) is 44.7 Å². The summed E-state index contributed by atoms with van der Waals surface area (Å²) in [5.41, 5.74) is 0. The van der Waals surface area contributed by atoms with Gasteiger partial charge in [0, 0.05) is 32.3 Å². The highest BCUT2D eigenvalue weighted by Crippen LogP contribution is 2.24. The van der Waals surface area contributed by atoms with Gasteiger partial charge in [0.1, 0.15) is 12.3 Å². The predicted molar refractivity (Wildman–Crippen MR) is 82.9 cm³/mol. The van der Waals surface area contributed by atoms with Crippen LogP contribution in [0.3, 0.4) is 0 Å². The molecule has 0 aromatic carbocycles. The summed E-state index contributed by atoms with van der Waals surface area (Å²) in [7, 11) is 1.96. The monoisotopic (exact) mass is 323 g/mol. The molecule has 23 heavy (non-hydrogen) atoms. The number of nitrogens with zero attached hydrogens (tertiary/aromatic N) is 4. The van der Waals surface area contributed by atoms with E-state index in [-0.39, 0.29) is 18.5 Å². The molecule has 7 nitrogen and oxygen atoms in total. The second kappa shape index (κ2) is 7.18. The summed E-state index contributed by atoms with van der Waals surface area (Å²) in [5, 5.41) is 10.8. The highest BCUT2D eigenvalue weighted by Gasteiger charge is 2.34. The van der Waals surface area contributed by atoms with Crippen molar-refractivity contribution in [3.05, 3.63) is 18.3 Å². The number of morpholine rings is 1. The van der Waals surface area contributed by atoms with Crippen LogP contribution in [0.2, 0.25) is 0 Å². The molecule has 0 aliphatic carbocycles. The van der Waals surface area contributed by atoms with Crippen LogP contribution in [0, 0.1) is 0 Å². The van der Waals surface area contributed by atoms with E-state index in [2.05, 4.69) is 20.4 Å². The van der Waals surface area contributed by atoms with Gasteiger partial charge in [0.05, 0.1) is 19.2 Å². The first-order valence-electron chi connectivity index (χ1n) is 7.90. The molecule has 2 saturated heterocycles. The molecule has 3 heterocycles. The van der Waals surface area contributed by atoms with Crippen molar-refractivity contribution in [3.63, 3.8) is 0 Å². The maximum Gasteiger partial charge on any atom is 0.250 e. The number of anilines is 1. The minimum absolute atomic E-state index is 0.119. The number of aromatic nitrogens is 2. The number of likely N-dealkylation sites (N-methyl/N-ethyl adjacent to an activating group) is 1. The van der Waals surface area contributed by atoms with E-state index in [1.807, 2.05) is 11.9 Å². The van der Waals surface area contributed by atoms with Crippen LogP contribution >= 0.6 is 0 Å². The Morgan fingerprint density at radius 2 is 2.39 bits per heavy atom. The number of ether oxygens (including phenoxy) is 1. The fourth-order valence-electron chi connectivity index (χ4n) is 3.05. The molecule has 8 heteroatoms. The van der Waals surface area contributed by atoms with Crippen LogP contribution in [0.15, 0.2) is 18.3 Å². The van der Waals surface area contributed by atoms with E-state index in [1.54, 1.807) is 18.3 Å². The normalized spacial score (nSPS) is 28.8. The number of halogens is 1. The summed E-state index contributed by atoms with van der Waals surface area (Å²) in [6.07, 6.45) is 0.583. The number of hydrogen-bond acceptors (Lipinski definition) is 6. The van der Waals surface area contributed by atoms with Gasteiger partial charge in [0.25, 0.3) is 5.91 Å². The fourth-order valence-corrected chi connectivity index (χ4v) is 3.05. The number of nitrogens with one attached hydrogen (secondary N) is 1. The van der Waals surface area contributed by atoms with Crippen molar-refractivity contribution < 1.29 is 13.9 Å². The van der Waals surface area contributed by atoms with Crippen LogP contribution in [-0.2, 0) is 9.53 Å². The second-order valence-corrected chi connectivity index (χ2v) is 6.09. The Kier molecular flexibility index (Phi) is 5.02. The topological polar surface area (TPSA) is 70.6 Å². The van der Waals surface area contributed by atoms with E-state index in [0.29, 0.717) is 31.9 Å². The van der Waals surface area contributed by atoms with Crippen molar-refractivity contribution in [2.45, 2.75) is 24.7 Å². The molecule has 2 aliphatic rings. The van der Waals surface area contributed by atoms with E-state index in [0.717, 1.165) is 6.54 Å². The van der Waals surface area contributed by atoms with Crippen LogP contribution in [-0.4, -0.2) is 79.2 Å². The minimum atomic E-state index is -0.920. The van der Waals surface area contributed by atoms with Gasteiger partial charge in [0.2, 0.25) is 0 Å². The van der Waals surface area contributed by atoms with Gasteiger partial charge in [-0.25, -0.2) is 4.39 Å². The lowest BCUT2D eigenvalue weighted by Gasteiger charge is -2.30. The van der Waals surface area contributed by atoms with Crippen LogP contribution in [0.5, 0.6) is 0 Å². The van der Waals surface area contributed by atoms with E-state index >= 15 is 0 Å². The van der Waals surface area contributed by atoms with Crippen LogP contribution in [0.25, 0.3) is 0 Å². The van der Waals surface area contributed by atoms with Crippen molar-refractivity contribution in [3.8, 4) is 0 Å². The van der Waals surface area contributed by atoms with Crippen molar-refractivity contribution in [2.24, 2.45) is 0 Å². The van der Waals surface area contributed by atoms with Crippen molar-refractivity contribution in [1.29, 1.82) is 0 Å². The summed E-state index contributed by atoms with van der Waals surface area (Å²) >= 11 is 0. The Labute approximate surface area is 134 Å². The van der Waals surface area contributed by atoms with E-state index in [1.165, 1.54) is 0 Å². The second-order valence-electron chi connectivity index (χ2n) is 6.09. The molecule has 126 valence electrons.